The number of hydrogen-bond donors (Lipinski definition) is 0. The summed E-state index contributed by atoms with van der Waals surface area (Å²) < 4.78 is 17.6. The lowest BCUT2D eigenvalue weighted by atomic mass is 9.93. The van der Waals surface area contributed by atoms with Gasteiger partial charge in [-0.2, -0.15) is 0 Å². The molecule has 1 aromatic carbocycles. The van der Waals surface area contributed by atoms with Gasteiger partial charge in [0.1, 0.15) is 18.5 Å². The van der Waals surface area contributed by atoms with Gasteiger partial charge in [-0.3, -0.25) is 0 Å². The molecule has 0 fully saturated rings. The lowest BCUT2D eigenvalue weighted by Gasteiger charge is -2.21. The summed E-state index contributed by atoms with van der Waals surface area (Å²) in [6.45, 7) is 6.88. The molecule has 1 atom stereocenters. The van der Waals surface area contributed by atoms with Crippen LogP contribution in [0, 0.1) is 8.99 Å². The predicted molar refractivity (Wildman–Crippen MR) is 102 cm³/mol. The third-order valence-corrected chi connectivity index (χ3v) is 4.54. The first-order valence-corrected chi connectivity index (χ1v) is 9.07. The van der Waals surface area contributed by atoms with Crippen molar-refractivity contribution < 1.29 is 19.0 Å². The molecule has 1 unspecified atom stereocenters. The van der Waals surface area contributed by atoms with E-state index >= 15 is 0 Å². The summed E-state index contributed by atoms with van der Waals surface area (Å²) in [5.74, 6) is 0.485. The van der Waals surface area contributed by atoms with E-state index in [-0.39, 0.29) is 11.5 Å². The maximum Gasteiger partial charge on any atom is 0.333 e. The van der Waals surface area contributed by atoms with Gasteiger partial charge in [-0.1, -0.05) is 32.1 Å². The highest BCUT2D eigenvalue weighted by Gasteiger charge is 2.33. The number of benzene rings is 1. The fourth-order valence-corrected chi connectivity index (χ4v) is 3.16. The lowest BCUT2D eigenvalue weighted by Crippen LogP contribution is -2.21. The van der Waals surface area contributed by atoms with Gasteiger partial charge in [0, 0.05) is 5.57 Å². The van der Waals surface area contributed by atoms with Gasteiger partial charge in [0.25, 0.3) is 0 Å². The van der Waals surface area contributed by atoms with Crippen LogP contribution in [0.25, 0.3) is 0 Å². The molecule has 1 aromatic rings. The van der Waals surface area contributed by atoms with Crippen molar-refractivity contribution in [1.29, 1.82) is 0 Å². The van der Waals surface area contributed by atoms with E-state index in [9.17, 15) is 4.79 Å². The van der Waals surface area contributed by atoms with Gasteiger partial charge in [-0.05, 0) is 53.5 Å². The molecule has 0 amide bonds. The Morgan fingerprint density at radius 1 is 1.38 bits per heavy atom. The molecule has 0 bridgehead atoms. The van der Waals surface area contributed by atoms with Crippen molar-refractivity contribution in [3.8, 4) is 5.75 Å². The minimum atomic E-state index is -0.398. The molecular weight excluding hydrogens is 419 g/mol. The number of ether oxygens (including phenoxy) is 3. The minimum Gasteiger partial charge on any atom is -0.496 e. The highest BCUT2D eigenvalue weighted by Crippen LogP contribution is 2.38. The molecule has 0 radical (unpaired) electrons. The molecule has 0 N–H and O–H groups in total. The highest BCUT2D eigenvalue weighted by atomic mass is 127. The predicted octanol–water partition coefficient (Wildman–Crippen LogP) is 4.49. The van der Waals surface area contributed by atoms with Crippen molar-refractivity contribution in [2.24, 2.45) is 5.41 Å². The monoisotopic (exact) mass is 442 g/mol. The summed E-state index contributed by atoms with van der Waals surface area (Å²) in [5.41, 5.74) is 1.15. The first kappa shape index (κ1) is 18.8. The first-order valence-electron chi connectivity index (χ1n) is 7.99. The summed E-state index contributed by atoms with van der Waals surface area (Å²) in [6, 6.07) is 7.97. The summed E-state index contributed by atoms with van der Waals surface area (Å²) >= 11 is 2.27. The van der Waals surface area contributed by atoms with Gasteiger partial charge >= 0.3 is 5.97 Å². The quantitative estimate of drug-likeness (QED) is 0.205. The largest absolute Gasteiger partial charge is 0.496 e. The second-order valence-electron chi connectivity index (χ2n) is 6.31. The van der Waals surface area contributed by atoms with Crippen molar-refractivity contribution >= 4 is 28.6 Å². The van der Waals surface area contributed by atoms with Crippen LogP contribution in [0.1, 0.15) is 27.2 Å². The van der Waals surface area contributed by atoms with Crippen LogP contribution in [0.15, 0.2) is 48.3 Å². The molecule has 1 aliphatic carbocycles. The zero-order valence-corrected chi connectivity index (χ0v) is 16.4. The van der Waals surface area contributed by atoms with Gasteiger partial charge in [0.2, 0.25) is 0 Å². The van der Waals surface area contributed by atoms with E-state index < -0.39 is 5.97 Å². The average molecular weight is 442 g/mol. The van der Waals surface area contributed by atoms with E-state index in [1.54, 1.807) is 6.92 Å². The van der Waals surface area contributed by atoms with Crippen LogP contribution in [0.5, 0.6) is 5.75 Å². The number of allylic oxidation sites excluding steroid dienone is 1. The molecule has 2 rings (SSSR count). The number of carbonyl (C=O) groups excluding carboxylic acids is 1. The molecule has 5 heteroatoms. The molecule has 0 heterocycles. The SMILES string of the molecule is CCOC(=O)/C=C/OCC1=CC(C)(C)CC1Oc1ccccc1I. The second kappa shape index (κ2) is 8.55. The second-order valence-corrected chi connectivity index (χ2v) is 7.48. The summed E-state index contributed by atoms with van der Waals surface area (Å²) in [7, 11) is 0. The van der Waals surface area contributed by atoms with Crippen molar-refractivity contribution in [3.63, 3.8) is 0 Å². The van der Waals surface area contributed by atoms with Crippen molar-refractivity contribution in [3.05, 3.63) is 51.8 Å². The Labute approximate surface area is 157 Å². The van der Waals surface area contributed by atoms with E-state index in [0.29, 0.717) is 13.2 Å². The number of hydrogen-bond acceptors (Lipinski definition) is 4. The number of para-hydroxylation sites is 1. The van der Waals surface area contributed by atoms with E-state index in [1.165, 1.54) is 12.3 Å². The minimum absolute atomic E-state index is 0.0214. The standard InChI is InChI=1S/C19H23IO4/c1-4-23-18(21)9-10-22-13-14-11-19(2,3)12-17(14)24-16-8-6-5-7-15(16)20/h5-11,17H,4,12-13H2,1-3H3/b10-9+. The first-order chi connectivity index (χ1) is 11.4. The third kappa shape index (κ3) is 5.54. The van der Waals surface area contributed by atoms with Crippen LogP contribution in [0.3, 0.4) is 0 Å². The van der Waals surface area contributed by atoms with E-state index in [0.717, 1.165) is 21.3 Å². The maximum atomic E-state index is 11.3. The Bertz CT molecular complexity index is 634. The smallest absolute Gasteiger partial charge is 0.333 e. The fraction of sp³-hybridized carbons (Fsp3) is 0.421. The van der Waals surface area contributed by atoms with Crippen LogP contribution in [0.2, 0.25) is 0 Å². The highest BCUT2D eigenvalue weighted by molar-refractivity contribution is 14.1. The topological polar surface area (TPSA) is 44.8 Å². The van der Waals surface area contributed by atoms with Crippen molar-refractivity contribution in [1.82, 2.24) is 0 Å². The van der Waals surface area contributed by atoms with Crippen LogP contribution >= 0.6 is 22.6 Å². The summed E-state index contributed by atoms with van der Waals surface area (Å²) in [5, 5.41) is 0. The van der Waals surface area contributed by atoms with Gasteiger partial charge in [0.15, 0.2) is 0 Å². The zero-order valence-electron chi connectivity index (χ0n) is 14.3. The van der Waals surface area contributed by atoms with Gasteiger partial charge in [-0.25, -0.2) is 4.79 Å². The molecular formula is C19H23IO4. The van der Waals surface area contributed by atoms with Crippen molar-refractivity contribution in [2.45, 2.75) is 33.3 Å². The Kier molecular flexibility index (Phi) is 6.71. The number of esters is 1. The molecule has 0 aromatic heterocycles. The number of rotatable bonds is 7. The Hall–Kier alpha value is -1.50. The number of halogens is 1. The molecule has 1 aliphatic rings. The average Bonchev–Trinajstić information content (AvgIpc) is 2.80. The van der Waals surface area contributed by atoms with Crippen LogP contribution < -0.4 is 4.74 Å². The zero-order chi connectivity index (χ0) is 17.6. The van der Waals surface area contributed by atoms with Crippen LogP contribution in [0.4, 0.5) is 0 Å². The number of carbonyl (C=O) groups is 1. The van der Waals surface area contributed by atoms with Crippen molar-refractivity contribution in [2.75, 3.05) is 13.2 Å². The molecule has 0 spiro atoms. The molecule has 24 heavy (non-hydrogen) atoms. The molecule has 0 aliphatic heterocycles. The Balaban J connectivity index is 1.97. The maximum absolute atomic E-state index is 11.3. The lowest BCUT2D eigenvalue weighted by molar-refractivity contribution is -0.137. The normalized spacial score (nSPS) is 19.2. The molecule has 4 nitrogen and oxygen atoms in total. The molecule has 130 valence electrons. The molecule has 0 saturated carbocycles. The van der Waals surface area contributed by atoms with Crippen LogP contribution in [-0.4, -0.2) is 25.3 Å². The Morgan fingerprint density at radius 3 is 2.83 bits per heavy atom. The van der Waals surface area contributed by atoms with E-state index in [4.69, 9.17) is 14.2 Å². The van der Waals surface area contributed by atoms with Gasteiger partial charge in [-0.15, -0.1) is 0 Å². The molecule has 0 saturated heterocycles. The van der Waals surface area contributed by atoms with Gasteiger partial charge < -0.3 is 14.2 Å². The summed E-state index contributed by atoms with van der Waals surface area (Å²) in [4.78, 5) is 11.3. The summed E-state index contributed by atoms with van der Waals surface area (Å²) in [6.07, 6.45) is 5.75. The fourth-order valence-electron chi connectivity index (χ4n) is 2.65. The van der Waals surface area contributed by atoms with Crippen LogP contribution in [-0.2, 0) is 14.3 Å². The van der Waals surface area contributed by atoms with Gasteiger partial charge in [0.05, 0.1) is 22.5 Å². The Morgan fingerprint density at radius 2 is 2.12 bits per heavy atom. The third-order valence-electron chi connectivity index (χ3n) is 3.64. The van der Waals surface area contributed by atoms with E-state index in [2.05, 4.69) is 42.5 Å². The van der Waals surface area contributed by atoms with E-state index in [1.807, 2.05) is 24.3 Å².